The van der Waals surface area contributed by atoms with Gasteiger partial charge in [-0.1, -0.05) is 41.9 Å². The maximum Gasteiger partial charge on any atom is 0.252 e. The van der Waals surface area contributed by atoms with Gasteiger partial charge in [0.1, 0.15) is 17.4 Å². The Balaban J connectivity index is 1.75. The number of hydrogen-bond acceptors (Lipinski definition) is 4. The standard InChI is InChI=1S/C17H13ClN2O2S/c18-12-6-7-15(14(8-12)16(19)21)22-9-13-10-23-17(20-13)11-4-2-1-3-5-11/h1-8,10H,9H2,(H2,19,21). The van der Waals surface area contributed by atoms with E-state index in [0.29, 0.717) is 10.8 Å². The molecule has 2 N–H and O–H groups in total. The summed E-state index contributed by atoms with van der Waals surface area (Å²) in [5.74, 6) is -0.179. The number of halogens is 1. The largest absolute Gasteiger partial charge is 0.486 e. The number of aromatic nitrogens is 1. The molecule has 0 aliphatic carbocycles. The molecule has 3 aromatic rings. The Kier molecular flexibility index (Phi) is 4.60. The highest BCUT2D eigenvalue weighted by Gasteiger charge is 2.11. The second-order valence-corrected chi connectivity index (χ2v) is 6.10. The summed E-state index contributed by atoms with van der Waals surface area (Å²) in [6, 6.07) is 14.7. The maximum atomic E-state index is 11.4. The molecule has 2 aromatic carbocycles. The predicted molar refractivity (Wildman–Crippen MR) is 91.9 cm³/mol. The molecule has 0 fully saturated rings. The number of primary amides is 1. The van der Waals surface area contributed by atoms with E-state index in [4.69, 9.17) is 22.1 Å². The van der Waals surface area contributed by atoms with Gasteiger partial charge in [0.15, 0.2) is 0 Å². The van der Waals surface area contributed by atoms with E-state index in [1.165, 1.54) is 6.07 Å². The molecule has 3 rings (SSSR count). The van der Waals surface area contributed by atoms with Crippen LogP contribution in [0.1, 0.15) is 16.1 Å². The van der Waals surface area contributed by atoms with E-state index in [0.717, 1.165) is 16.3 Å². The number of carbonyl (C=O) groups excluding carboxylic acids is 1. The van der Waals surface area contributed by atoms with Crippen molar-refractivity contribution in [3.63, 3.8) is 0 Å². The summed E-state index contributed by atoms with van der Waals surface area (Å²) < 4.78 is 5.67. The second-order valence-electron chi connectivity index (χ2n) is 4.80. The topological polar surface area (TPSA) is 65.2 Å². The van der Waals surface area contributed by atoms with E-state index in [2.05, 4.69) is 4.98 Å². The van der Waals surface area contributed by atoms with Gasteiger partial charge in [-0.3, -0.25) is 4.79 Å². The van der Waals surface area contributed by atoms with Gasteiger partial charge in [0.2, 0.25) is 0 Å². The Hall–Kier alpha value is -2.37. The van der Waals surface area contributed by atoms with E-state index >= 15 is 0 Å². The van der Waals surface area contributed by atoms with E-state index in [1.54, 1.807) is 23.5 Å². The first-order valence-electron chi connectivity index (χ1n) is 6.85. The number of carbonyl (C=O) groups is 1. The van der Waals surface area contributed by atoms with Gasteiger partial charge in [-0.25, -0.2) is 4.98 Å². The van der Waals surface area contributed by atoms with Crippen molar-refractivity contribution in [3.8, 4) is 16.3 Å². The number of nitrogens with two attached hydrogens (primary N) is 1. The van der Waals surface area contributed by atoms with Crippen molar-refractivity contribution in [2.24, 2.45) is 5.73 Å². The van der Waals surface area contributed by atoms with Crippen LogP contribution < -0.4 is 10.5 Å². The Labute approximate surface area is 142 Å². The fourth-order valence-electron chi connectivity index (χ4n) is 2.06. The maximum absolute atomic E-state index is 11.4. The molecule has 0 saturated heterocycles. The summed E-state index contributed by atoms with van der Waals surface area (Å²) in [6.45, 7) is 0.255. The van der Waals surface area contributed by atoms with Gasteiger partial charge < -0.3 is 10.5 Å². The van der Waals surface area contributed by atoms with Crippen LogP contribution in [0.25, 0.3) is 10.6 Å². The summed E-state index contributed by atoms with van der Waals surface area (Å²) in [5.41, 5.74) is 7.46. The molecule has 1 aromatic heterocycles. The minimum absolute atomic E-state index is 0.255. The van der Waals surface area contributed by atoms with Gasteiger partial charge in [0.25, 0.3) is 5.91 Å². The van der Waals surface area contributed by atoms with Crippen molar-refractivity contribution >= 4 is 28.8 Å². The summed E-state index contributed by atoms with van der Waals surface area (Å²) in [7, 11) is 0. The lowest BCUT2D eigenvalue weighted by Gasteiger charge is -2.08. The Morgan fingerprint density at radius 3 is 2.74 bits per heavy atom. The first kappa shape index (κ1) is 15.5. The third-order valence-electron chi connectivity index (χ3n) is 3.16. The molecule has 1 heterocycles. The van der Waals surface area contributed by atoms with Crippen LogP contribution in [0.15, 0.2) is 53.9 Å². The number of ether oxygens (including phenoxy) is 1. The highest BCUT2D eigenvalue weighted by atomic mass is 35.5. The lowest BCUT2D eigenvalue weighted by atomic mass is 10.2. The van der Waals surface area contributed by atoms with Crippen molar-refractivity contribution in [2.75, 3.05) is 0 Å². The first-order chi connectivity index (χ1) is 11.1. The van der Waals surface area contributed by atoms with Gasteiger partial charge in [-0.2, -0.15) is 0 Å². The van der Waals surface area contributed by atoms with Crippen LogP contribution >= 0.6 is 22.9 Å². The molecule has 23 heavy (non-hydrogen) atoms. The Morgan fingerprint density at radius 2 is 2.00 bits per heavy atom. The molecular formula is C17H13ClN2O2S. The average molecular weight is 345 g/mol. The molecule has 0 aliphatic rings. The van der Waals surface area contributed by atoms with Crippen LogP contribution in [-0.2, 0) is 6.61 Å². The van der Waals surface area contributed by atoms with Gasteiger partial charge in [-0.15, -0.1) is 11.3 Å². The number of hydrogen-bond donors (Lipinski definition) is 1. The molecule has 6 heteroatoms. The molecule has 1 amide bonds. The zero-order valence-corrected chi connectivity index (χ0v) is 13.6. The molecule has 0 unspecified atom stereocenters. The summed E-state index contributed by atoms with van der Waals surface area (Å²) in [5, 5.41) is 3.30. The first-order valence-corrected chi connectivity index (χ1v) is 8.11. The van der Waals surface area contributed by atoms with Crippen molar-refractivity contribution in [2.45, 2.75) is 6.61 Å². The quantitative estimate of drug-likeness (QED) is 0.756. The number of nitrogens with zero attached hydrogens (tertiary/aromatic N) is 1. The predicted octanol–water partition coefficient (Wildman–Crippen LogP) is 4.14. The van der Waals surface area contributed by atoms with E-state index in [1.807, 2.05) is 35.7 Å². The fraction of sp³-hybridized carbons (Fsp3) is 0.0588. The molecule has 116 valence electrons. The third kappa shape index (κ3) is 3.70. The smallest absolute Gasteiger partial charge is 0.252 e. The number of benzene rings is 2. The third-order valence-corrected chi connectivity index (χ3v) is 4.33. The van der Waals surface area contributed by atoms with Crippen LogP contribution in [0.4, 0.5) is 0 Å². The number of thiazole rings is 1. The summed E-state index contributed by atoms with van der Waals surface area (Å²) >= 11 is 7.42. The van der Waals surface area contributed by atoms with E-state index < -0.39 is 5.91 Å². The van der Waals surface area contributed by atoms with Gasteiger partial charge in [-0.05, 0) is 18.2 Å². The van der Waals surface area contributed by atoms with Gasteiger partial charge in [0.05, 0.1) is 11.3 Å². The lowest BCUT2D eigenvalue weighted by molar-refractivity contribution is 0.0996. The number of amides is 1. The van der Waals surface area contributed by atoms with Gasteiger partial charge in [0, 0.05) is 16.0 Å². The molecule has 0 atom stereocenters. The Morgan fingerprint density at radius 1 is 1.22 bits per heavy atom. The fourth-order valence-corrected chi connectivity index (χ4v) is 3.04. The molecular weight excluding hydrogens is 332 g/mol. The van der Waals surface area contributed by atoms with Crippen LogP contribution in [0.2, 0.25) is 5.02 Å². The van der Waals surface area contributed by atoms with Crippen LogP contribution in [-0.4, -0.2) is 10.9 Å². The van der Waals surface area contributed by atoms with Crippen molar-refractivity contribution in [3.05, 3.63) is 70.2 Å². The molecule has 0 aliphatic heterocycles. The zero-order valence-electron chi connectivity index (χ0n) is 12.0. The highest BCUT2D eigenvalue weighted by molar-refractivity contribution is 7.13. The van der Waals surface area contributed by atoms with Crippen LogP contribution in [0.5, 0.6) is 5.75 Å². The van der Waals surface area contributed by atoms with Crippen molar-refractivity contribution in [1.29, 1.82) is 0 Å². The highest BCUT2D eigenvalue weighted by Crippen LogP contribution is 2.26. The normalized spacial score (nSPS) is 10.5. The molecule has 0 saturated carbocycles. The molecule has 0 bridgehead atoms. The summed E-state index contributed by atoms with van der Waals surface area (Å²) in [4.78, 5) is 16.0. The molecule has 4 nitrogen and oxygen atoms in total. The SMILES string of the molecule is NC(=O)c1cc(Cl)ccc1OCc1csc(-c2ccccc2)n1. The van der Waals surface area contributed by atoms with E-state index in [9.17, 15) is 4.79 Å². The van der Waals surface area contributed by atoms with Crippen LogP contribution in [0, 0.1) is 0 Å². The average Bonchev–Trinajstić information content (AvgIpc) is 3.03. The molecule has 0 spiro atoms. The number of rotatable bonds is 5. The second kappa shape index (κ2) is 6.81. The van der Waals surface area contributed by atoms with Crippen molar-refractivity contribution in [1.82, 2.24) is 4.98 Å². The van der Waals surface area contributed by atoms with Crippen LogP contribution in [0.3, 0.4) is 0 Å². The van der Waals surface area contributed by atoms with E-state index in [-0.39, 0.29) is 12.2 Å². The molecule has 0 radical (unpaired) electrons. The van der Waals surface area contributed by atoms with Gasteiger partial charge >= 0.3 is 0 Å². The zero-order chi connectivity index (χ0) is 16.2. The summed E-state index contributed by atoms with van der Waals surface area (Å²) in [6.07, 6.45) is 0. The monoisotopic (exact) mass is 344 g/mol. The van der Waals surface area contributed by atoms with Crippen molar-refractivity contribution < 1.29 is 9.53 Å². The minimum Gasteiger partial charge on any atom is -0.486 e. The lowest BCUT2D eigenvalue weighted by Crippen LogP contribution is -2.13. The Bertz CT molecular complexity index is 834. The minimum atomic E-state index is -0.578.